The third kappa shape index (κ3) is 6.08. The van der Waals surface area contributed by atoms with E-state index in [9.17, 15) is 0 Å². The van der Waals surface area contributed by atoms with Gasteiger partial charge < -0.3 is 0 Å². The van der Waals surface area contributed by atoms with E-state index in [0.717, 1.165) is 5.56 Å². The Kier molecular flexibility index (Phi) is 6.25. The SMILES string of the molecule is CCCCCc1ccc(-c2ccc(C#C[Si](C)(C)C)cc2)cc1. The number of aryl methyl sites for hydroxylation is 1. The lowest BCUT2D eigenvalue weighted by molar-refractivity contribution is 0.717. The van der Waals surface area contributed by atoms with Crippen molar-refractivity contribution in [2.75, 3.05) is 0 Å². The monoisotopic (exact) mass is 320 g/mol. The predicted molar refractivity (Wildman–Crippen MR) is 105 cm³/mol. The van der Waals surface area contributed by atoms with Crippen molar-refractivity contribution >= 4 is 8.07 Å². The third-order valence-electron chi connectivity index (χ3n) is 3.82. The molecule has 0 unspecified atom stereocenters. The van der Waals surface area contributed by atoms with Crippen LogP contribution in [0.3, 0.4) is 0 Å². The zero-order valence-electron chi connectivity index (χ0n) is 14.9. The van der Waals surface area contributed by atoms with Gasteiger partial charge in [-0.15, -0.1) is 5.54 Å². The summed E-state index contributed by atoms with van der Waals surface area (Å²) in [4.78, 5) is 0. The Morgan fingerprint density at radius 2 is 1.35 bits per heavy atom. The van der Waals surface area contributed by atoms with Crippen LogP contribution in [0.15, 0.2) is 48.5 Å². The summed E-state index contributed by atoms with van der Waals surface area (Å²) >= 11 is 0. The maximum absolute atomic E-state index is 3.42. The fraction of sp³-hybridized carbons (Fsp3) is 0.364. The molecule has 120 valence electrons. The third-order valence-corrected chi connectivity index (χ3v) is 4.70. The Labute approximate surface area is 143 Å². The van der Waals surface area contributed by atoms with Crippen LogP contribution in [0.1, 0.15) is 37.3 Å². The van der Waals surface area contributed by atoms with Crippen molar-refractivity contribution in [2.45, 2.75) is 52.2 Å². The van der Waals surface area contributed by atoms with Gasteiger partial charge in [-0.3, -0.25) is 0 Å². The maximum atomic E-state index is 3.42. The highest BCUT2D eigenvalue weighted by Crippen LogP contribution is 2.21. The summed E-state index contributed by atoms with van der Waals surface area (Å²) in [6.45, 7) is 9.07. The summed E-state index contributed by atoms with van der Waals surface area (Å²) in [7, 11) is -1.30. The van der Waals surface area contributed by atoms with Crippen LogP contribution >= 0.6 is 0 Å². The summed E-state index contributed by atoms with van der Waals surface area (Å²) < 4.78 is 0. The fourth-order valence-electron chi connectivity index (χ4n) is 2.45. The van der Waals surface area contributed by atoms with Crippen molar-refractivity contribution in [2.24, 2.45) is 0 Å². The zero-order chi connectivity index (χ0) is 16.7. The molecule has 0 atom stereocenters. The van der Waals surface area contributed by atoms with Crippen molar-refractivity contribution < 1.29 is 0 Å². The molecule has 0 fully saturated rings. The van der Waals surface area contributed by atoms with E-state index in [1.807, 2.05) is 0 Å². The summed E-state index contributed by atoms with van der Waals surface area (Å²) in [5, 5.41) is 0. The van der Waals surface area contributed by atoms with Crippen LogP contribution in [-0.4, -0.2) is 8.07 Å². The van der Waals surface area contributed by atoms with E-state index in [2.05, 4.69) is 86.6 Å². The minimum Gasteiger partial charge on any atom is -0.127 e. The first-order valence-corrected chi connectivity index (χ1v) is 12.2. The van der Waals surface area contributed by atoms with Crippen molar-refractivity contribution in [3.63, 3.8) is 0 Å². The second-order valence-corrected chi connectivity index (χ2v) is 12.0. The van der Waals surface area contributed by atoms with Crippen LogP contribution < -0.4 is 0 Å². The van der Waals surface area contributed by atoms with Gasteiger partial charge in [0.2, 0.25) is 0 Å². The van der Waals surface area contributed by atoms with Gasteiger partial charge in [0.25, 0.3) is 0 Å². The lowest BCUT2D eigenvalue weighted by Gasteiger charge is -2.06. The fourth-order valence-corrected chi connectivity index (χ4v) is 2.97. The molecule has 0 bridgehead atoms. The second kappa shape index (κ2) is 8.18. The quantitative estimate of drug-likeness (QED) is 0.344. The first-order chi connectivity index (χ1) is 11.0. The summed E-state index contributed by atoms with van der Waals surface area (Å²) in [5.41, 5.74) is 8.53. The molecule has 0 radical (unpaired) electrons. The minimum atomic E-state index is -1.30. The molecule has 1 heteroatoms. The Balaban J connectivity index is 2.05. The summed E-state index contributed by atoms with van der Waals surface area (Å²) in [6, 6.07) is 17.7. The van der Waals surface area contributed by atoms with E-state index in [1.54, 1.807) is 0 Å². The maximum Gasteiger partial charge on any atom is 0.129 e. The van der Waals surface area contributed by atoms with Crippen LogP contribution in [0.25, 0.3) is 11.1 Å². The molecule has 0 nitrogen and oxygen atoms in total. The molecular weight excluding hydrogens is 292 g/mol. The highest BCUT2D eigenvalue weighted by molar-refractivity contribution is 6.83. The van der Waals surface area contributed by atoms with E-state index in [4.69, 9.17) is 0 Å². The number of hydrogen-bond acceptors (Lipinski definition) is 0. The van der Waals surface area contributed by atoms with Crippen molar-refractivity contribution in [3.05, 3.63) is 59.7 Å². The van der Waals surface area contributed by atoms with Gasteiger partial charge in [0.05, 0.1) is 0 Å². The largest absolute Gasteiger partial charge is 0.129 e. The van der Waals surface area contributed by atoms with Crippen LogP contribution in [0.4, 0.5) is 0 Å². The molecule has 0 amide bonds. The molecule has 0 saturated heterocycles. The van der Waals surface area contributed by atoms with Crippen molar-refractivity contribution in [3.8, 4) is 22.6 Å². The number of rotatable bonds is 5. The molecule has 2 aromatic carbocycles. The Morgan fingerprint density at radius 1 is 0.783 bits per heavy atom. The van der Waals surface area contributed by atoms with Crippen molar-refractivity contribution in [1.29, 1.82) is 0 Å². The normalized spacial score (nSPS) is 11.0. The lowest BCUT2D eigenvalue weighted by Crippen LogP contribution is -2.16. The molecule has 2 rings (SSSR count). The van der Waals surface area contributed by atoms with Crippen LogP contribution in [0.5, 0.6) is 0 Å². The highest BCUT2D eigenvalue weighted by Gasteiger charge is 2.07. The number of hydrogen-bond donors (Lipinski definition) is 0. The number of benzene rings is 2. The summed E-state index contributed by atoms with van der Waals surface area (Å²) in [6.07, 6.45) is 5.09. The molecule has 0 aliphatic rings. The second-order valence-electron chi connectivity index (χ2n) is 7.23. The first-order valence-electron chi connectivity index (χ1n) is 8.70. The van der Waals surface area contributed by atoms with Gasteiger partial charge >= 0.3 is 0 Å². The Morgan fingerprint density at radius 3 is 1.87 bits per heavy atom. The topological polar surface area (TPSA) is 0 Å². The van der Waals surface area contributed by atoms with Crippen LogP contribution in [0.2, 0.25) is 19.6 Å². The van der Waals surface area contributed by atoms with Gasteiger partial charge in [-0.1, -0.05) is 81.7 Å². The molecular formula is C22H28Si. The molecule has 0 N–H and O–H groups in total. The van der Waals surface area contributed by atoms with Crippen LogP contribution in [0, 0.1) is 11.5 Å². The zero-order valence-corrected chi connectivity index (χ0v) is 15.9. The first kappa shape index (κ1) is 17.6. The van der Waals surface area contributed by atoms with Gasteiger partial charge in [-0.05, 0) is 41.7 Å². The van der Waals surface area contributed by atoms with Gasteiger partial charge in [-0.25, -0.2) is 0 Å². The predicted octanol–water partition coefficient (Wildman–Crippen LogP) is 6.32. The van der Waals surface area contributed by atoms with E-state index < -0.39 is 8.07 Å². The van der Waals surface area contributed by atoms with Gasteiger partial charge in [0, 0.05) is 5.56 Å². The molecule has 0 spiro atoms. The standard InChI is InChI=1S/C22H28Si/c1-5-6-7-8-19-9-13-21(14-10-19)22-15-11-20(12-16-22)17-18-23(2,3)4/h9-16H,5-8H2,1-4H3. The van der Waals surface area contributed by atoms with Crippen molar-refractivity contribution in [1.82, 2.24) is 0 Å². The van der Waals surface area contributed by atoms with E-state index in [1.165, 1.54) is 42.4 Å². The molecule has 0 aliphatic carbocycles. The molecule has 0 saturated carbocycles. The van der Waals surface area contributed by atoms with Gasteiger partial charge in [0.1, 0.15) is 8.07 Å². The Hall–Kier alpha value is -1.78. The van der Waals surface area contributed by atoms with E-state index in [0.29, 0.717) is 0 Å². The number of unbranched alkanes of at least 4 members (excludes halogenated alkanes) is 2. The molecule has 0 heterocycles. The molecule has 2 aromatic rings. The lowest BCUT2D eigenvalue weighted by atomic mass is 10.0. The van der Waals surface area contributed by atoms with E-state index in [-0.39, 0.29) is 0 Å². The smallest absolute Gasteiger partial charge is 0.127 e. The minimum absolute atomic E-state index is 1.12. The van der Waals surface area contributed by atoms with E-state index >= 15 is 0 Å². The summed E-state index contributed by atoms with van der Waals surface area (Å²) in [5.74, 6) is 3.31. The molecule has 23 heavy (non-hydrogen) atoms. The Bertz CT molecular complexity index is 661. The highest BCUT2D eigenvalue weighted by atomic mass is 28.3. The molecule has 0 aromatic heterocycles. The average molecular weight is 321 g/mol. The van der Waals surface area contributed by atoms with Crippen LogP contribution in [-0.2, 0) is 6.42 Å². The molecule has 0 aliphatic heterocycles. The average Bonchev–Trinajstić information content (AvgIpc) is 2.54. The van der Waals surface area contributed by atoms with Gasteiger partial charge in [0.15, 0.2) is 0 Å². The van der Waals surface area contributed by atoms with Gasteiger partial charge in [-0.2, -0.15) is 0 Å².